The number of fused-ring (bicyclic) bond motifs is 2. The highest BCUT2D eigenvalue weighted by atomic mass is 16.2. The van der Waals surface area contributed by atoms with Gasteiger partial charge in [0.2, 0.25) is 5.91 Å². The molecule has 3 aliphatic rings. The van der Waals surface area contributed by atoms with E-state index in [-0.39, 0.29) is 17.8 Å². The number of H-pyrrole nitrogens is 2. The van der Waals surface area contributed by atoms with Gasteiger partial charge < -0.3 is 30.0 Å². The number of aliphatic imine (C=N–C) groups is 1. The summed E-state index contributed by atoms with van der Waals surface area (Å²) in [6, 6.07) is 15.5. The number of nitrogens with one attached hydrogen (secondary N) is 3. The summed E-state index contributed by atoms with van der Waals surface area (Å²) in [5, 5.41) is 12.9. The molecule has 36 heavy (non-hydrogen) atoms. The standard InChI is InChI=1S/C26H24N8O2/c1-16(35)32-10-12-33(13-11-32)24-25-31-22(18-4-2-17(15-27)3-5-18)23(34(25)9-8-28-24)19-6-7-20-21(14-19)30-26(36)29-20/h2-9,14,25,31H,10-13H2,1H3,(H2,29,30,36). The molecule has 3 N–H and O–H groups in total. The Morgan fingerprint density at radius 2 is 1.75 bits per heavy atom. The first-order valence-electron chi connectivity index (χ1n) is 11.8. The Balaban J connectivity index is 1.40. The minimum Gasteiger partial charge on any atom is -0.356 e. The lowest BCUT2D eigenvalue weighted by Gasteiger charge is -2.40. The van der Waals surface area contributed by atoms with Gasteiger partial charge in [-0.3, -0.25) is 4.79 Å². The van der Waals surface area contributed by atoms with E-state index in [2.05, 4.69) is 31.2 Å². The fraction of sp³-hybridized carbons (Fsp3) is 0.231. The van der Waals surface area contributed by atoms with E-state index in [0.29, 0.717) is 31.7 Å². The van der Waals surface area contributed by atoms with Crippen molar-refractivity contribution in [2.75, 3.05) is 26.2 Å². The molecule has 1 amide bonds. The zero-order chi connectivity index (χ0) is 24.8. The zero-order valence-electron chi connectivity index (χ0n) is 19.7. The summed E-state index contributed by atoms with van der Waals surface area (Å²) in [4.78, 5) is 40.3. The van der Waals surface area contributed by atoms with Gasteiger partial charge in [-0.1, -0.05) is 18.2 Å². The van der Waals surface area contributed by atoms with Crippen LogP contribution in [0.5, 0.6) is 0 Å². The molecule has 1 saturated heterocycles. The predicted octanol–water partition coefficient (Wildman–Crippen LogP) is 1.83. The van der Waals surface area contributed by atoms with Crippen molar-refractivity contribution in [3.63, 3.8) is 0 Å². The third-order valence-corrected chi connectivity index (χ3v) is 6.87. The lowest BCUT2D eigenvalue weighted by Crippen LogP contribution is -2.57. The summed E-state index contributed by atoms with van der Waals surface area (Å²) < 4.78 is 0. The molecule has 0 bridgehead atoms. The van der Waals surface area contributed by atoms with E-state index < -0.39 is 0 Å². The second kappa shape index (κ2) is 8.46. The van der Waals surface area contributed by atoms with Gasteiger partial charge in [-0.05, 0) is 29.8 Å². The minimum atomic E-state index is -0.247. The first-order valence-corrected chi connectivity index (χ1v) is 11.8. The van der Waals surface area contributed by atoms with Crippen LogP contribution in [-0.4, -0.2) is 68.8 Å². The van der Waals surface area contributed by atoms with Gasteiger partial charge in [-0.25, -0.2) is 9.79 Å². The highest BCUT2D eigenvalue weighted by Crippen LogP contribution is 2.37. The fourth-order valence-electron chi connectivity index (χ4n) is 5.04. The molecular weight excluding hydrogens is 456 g/mol. The van der Waals surface area contributed by atoms with Gasteiger partial charge in [0.15, 0.2) is 6.17 Å². The number of carbonyl (C=O) groups excluding carboxylic acids is 1. The third kappa shape index (κ3) is 3.62. The number of nitrogens with zero attached hydrogens (tertiary/aromatic N) is 5. The van der Waals surface area contributed by atoms with Crippen LogP contribution in [0.15, 0.2) is 64.7 Å². The van der Waals surface area contributed by atoms with Crippen molar-refractivity contribution in [3.8, 4) is 6.07 Å². The van der Waals surface area contributed by atoms with E-state index in [0.717, 1.165) is 39.4 Å². The van der Waals surface area contributed by atoms with Gasteiger partial charge in [0.05, 0.1) is 34.1 Å². The number of amidine groups is 1. The quantitative estimate of drug-likeness (QED) is 0.514. The van der Waals surface area contributed by atoms with Gasteiger partial charge in [0.25, 0.3) is 0 Å². The minimum absolute atomic E-state index is 0.0889. The number of carbonyl (C=O) groups is 1. The summed E-state index contributed by atoms with van der Waals surface area (Å²) in [7, 11) is 0. The Morgan fingerprint density at radius 3 is 2.47 bits per heavy atom. The number of benzene rings is 2. The van der Waals surface area contributed by atoms with E-state index in [9.17, 15) is 14.9 Å². The number of hydrogen-bond donors (Lipinski definition) is 3. The number of imidazole rings is 1. The van der Waals surface area contributed by atoms with Crippen molar-refractivity contribution in [1.82, 2.24) is 30.0 Å². The van der Waals surface area contributed by atoms with Gasteiger partial charge in [0.1, 0.15) is 5.84 Å². The number of aromatic amines is 2. The van der Waals surface area contributed by atoms with E-state index in [1.165, 1.54) is 0 Å². The van der Waals surface area contributed by atoms with E-state index in [1.807, 2.05) is 41.4 Å². The van der Waals surface area contributed by atoms with Gasteiger partial charge in [-0.15, -0.1) is 0 Å². The van der Waals surface area contributed by atoms with Crippen LogP contribution >= 0.6 is 0 Å². The Hall–Kier alpha value is -4.78. The Kier molecular flexibility index (Phi) is 5.11. The van der Waals surface area contributed by atoms with Crippen LogP contribution in [0.25, 0.3) is 22.4 Å². The second-order valence-electron chi connectivity index (χ2n) is 8.98. The van der Waals surface area contributed by atoms with Crippen LogP contribution in [0, 0.1) is 11.3 Å². The molecule has 3 aliphatic heterocycles. The average molecular weight is 481 g/mol. The smallest absolute Gasteiger partial charge is 0.323 e. The fourth-order valence-corrected chi connectivity index (χ4v) is 5.04. The number of nitriles is 1. The number of aromatic nitrogens is 2. The maximum atomic E-state index is 11.8. The molecule has 0 spiro atoms. The maximum absolute atomic E-state index is 11.8. The molecule has 3 aromatic rings. The molecule has 10 heteroatoms. The maximum Gasteiger partial charge on any atom is 0.323 e. The van der Waals surface area contributed by atoms with Crippen molar-refractivity contribution < 1.29 is 4.79 Å². The summed E-state index contributed by atoms with van der Waals surface area (Å²) >= 11 is 0. The summed E-state index contributed by atoms with van der Waals surface area (Å²) in [5.41, 5.74) is 5.53. The molecule has 10 nitrogen and oxygen atoms in total. The molecule has 0 radical (unpaired) electrons. The van der Waals surface area contributed by atoms with E-state index in [4.69, 9.17) is 4.99 Å². The molecule has 2 aromatic carbocycles. The number of amides is 1. The Bertz CT molecular complexity index is 1540. The van der Waals surface area contributed by atoms with E-state index in [1.54, 1.807) is 25.3 Å². The Labute approximate surface area is 206 Å². The molecule has 1 aromatic heterocycles. The number of hydrogen-bond acceptors (Lipinski definition) is 7. The van der Waals surface area contributed by atoms with Crippen molar-refractivity contribution in [2.45, 2.75) is 13.1 Å². The largest absolute Gasteiger partial charge is 0.356 e. The molecule has 180 valence electrons. The molecule has 1 fully saturated rings. The van der Waals surface area contributed by atoms with Crippen molar-refractivity contribution in [3.05, 3.63) is 82.0 Å². The molecule has 4 heterocycles. The molecule has 0 saturated carbocycles. The Morgan fingerprint density at radius 1 is 1.03 bits per heavy atom. The van der Waals surface area contributed by atoms with Crippen LogP contribution in [0.4, 0.5) is 0 Å². The van der Waals surface area contributed by atoms with Crippen molar-refractivity contribution in [1.29, 1.82) is 5.26 Å². The second-order valence-corrected chi connectivity index (χ2v) is 8.98. The molecule has 0 aliphatic carbocycles. The average Bonchev–Trinajstić information content (AvgIpc) is 3.48. The summed E-state index contributed by atoms with van der Waals surface area (Å²) in [6.07, 6.45) is 3.51. The monoisotopic (exact) mass is 480 g/mol. The molecule has 1 unspecified atom stereocenters. The van der Waals surface area contributed by atoms with Crippen LogP contribution in [0.2, 0.25) is 0 Å². The van der Waals surface area contributed by atoms with Crippen LogP contribution in [-0.2, 0) is 4.79 Å². The van der Waals surface area contributed by atoms with Gasteiger partial charge in [0, 0.05) is 51.1 Å². The first kappa shape index (κ1) is 21.7. The lowest BCUT2D eigenvalue weighted by atomic mass is 10.0. The van der Waals surface area contributed by atoms with Crippen molar-refractivity contribution >= 4 is 34.2 Å². The van der Waals surface area contributed by atoms with Gasteiger partial charge >= 0.3 is 5.69 Å². The number of piperazine rings is 1. The van der Waals surface area contributed by atoms with Crippen LogP contribution in [0.3, 0.4) is 0 Å². The zero-order valence-corrected chi connectivity index (χ0v) is 19.7. The summed E-state index contributed by atoms with van der Waals surface area (Å²) in [6.45, 7) is 4.33. The summed E-state index contributed by atoms with van der Waals surface area (Å²) in [5.74, 6) is 0.976. The topological polar surface area (TPSA) is 124 Å². The third-order valence-electron chi connectivity index (χ3n) is 6.87. The molecular formula is C26H24N8O2. The highest BCUT2D eigenvalue weighted by molar-refractivity contribution is 6.01. The SMILES string of the molecule is CC(=O)N1CCN(C2=NC=CN3C(c4ccc5[nH]c(=O)[nH]c5c4)=C(c4ccc(C#N)cc4)NC23)CC1. The molecule has 1 atom stereocenters. The van der Waals surface area contributed by atoms with Crippen LogP contribution in [0.1, 0.15) is 23.6 Å². The van der Waals surface area contributed by atoms with Crippen molar-refractivity contribution in [2.24, 2.45) is 4.99 Å². The van der Waals surface area contributed by atoms with E-state index >= 15 is 0 Å². The first-order chi connectivity index (χ1) is 17.5. The molecule has 6 rings (SSSR count). The number of rotatable bonds is 2. The van der Waals surface area contributed by atoms with Gasteiger partial charge in [-0.2, -0.15) is 5.26 Å². The predicted molar refractivity (Wildman–Crippen MR) is 136 cm³/mol. The van der Waals surface area contributed by atoms with Crippen LogP contribution < -0.4 is 11.0 Å². The lowest BCUT2D eigenvalue weighted by molar-refractivity contribution is -0.130. The highest BCUT2D eigenvalue weighted by Gasteiger charge is 2.39. The normalized spacial score (nSPS) is 19.3.